The molecule has 0 fully saturated rings. The normalized spacial score (nSPS) is 16.8. The lowest BCUT2D eigenvalue weighted by Gasteiger charge is -2.28. The zero-order chi connectivity index (χ0) is 16.6. The second kappa shape index (κ2) is 5.87. The number of rotatable bonds is 3. The molecule has 1 atom stereocenters. The Bertz CT molecular complexity index is 774. The molecule has 23 heavy (non-hydrogen) atoms. The van der Waals surface area contributed by atoms with E-state index in [1.807, 2.05) is 45.0 Å². The van der Waals surface area contributed by atoms with Crippen LogP contribution in [-0.4, -0.2) is 27.3 Å². The first-order chi connectivity index (χ1) is 11.0. The van der Waals surface area contributed by atoms with E-state index in [9.17, 15) is 4.79 Å². The summed E-state index contributed by atoms with van der Waals surface area (Å²) in [6.45, 7) is 7.86. The van der Waals surface area contributed by atoms with Gasteiger partial charge in [-0.25, -0.2) is 9.48 Å². The van der Waals surface area contributed by atoms with E-state index in [4.69, 9.17) is 4.74 Å². The molecular weight excluding hydrogens is 292 g/mol. The van der Waals surface area contributed by atoms with Crippen molar-refractivity contribution in [2.45, 2.75) is 33.7 Å². The van der Waals surface area contributed by atoms with E-state index >= 15 is 0 Å². The predicted molar refractivity (Wildman–Crippen MR) is 87.0 cm³/mol. The molecule has 0 spiro atoms. The van der Waals surface area contributed by atoms with E-state index in [0.717, 1.165) is 16.8 Å². The fourth-order valence-corrected chi connectivity index (χ4v) is 2.79. The topological polar surface area (TPSA) is 69.0 Å². The lowest BCUT2D eigenvalue weighted by atomic mass is 9.95. The SMILES string of the molecule is CCOC(=O)C1=C(C)Nc2nc(C)nn2[C@@H]1c1ccc(C)cc1. The summed E-state index contributed by atoms with van der Waals surface area (Å²) in [5.41, 5.74) is 3.45. The van der Waals surface area contributed by atoms with Gasteiger partial charge in [0.25, 0.3) is 0 Å². The number of benzene rings is 1. The molecule has 6 nitrogen and oxygen atoms in total. The number of fused-ring (bicyclic) bond motifs is 1. The maximum Gasteiger partial charge on any atom is 0.338 e. The molecule has 0 saturated heterocycles. The Balaban J connectivity index is 2.15. The minimum absolute atomic E-state index is 0.332. The largest absolute Gasteiger partial charge is 0.463 e. The molecule has 120 valence electrons. The quantitative estimate of drug-likeness (QED) is 0.883. The number of hydrogen-bond acceptors (Lipinski definition) is 5. The van der Waals surface area contributed by atoms with Crippen LogP contribution in [0.5, 0.6) is 0 Å². The minimum Gasteiger partial charge on any atom is -0.463 e. The number of anilines is 1. The van der Waals surface area contributed by atoms with E-state index in [0.29, 0.717) is 24.0 Å². The molecule has 1 aromatic heterocycles. The maximum absolute atomic E-state index is 12.5. The van der Waals surface area contributed by atoms with Crippen molar-refractivity contribution >= 4 is 11.9 Å². The summed E-state index contributed by atoms with van der Waals surface area (Å²) >= 11 is 0. The Morgan fingerprint density at radius 2 is 1.96 bits per heavy atom. The molecule has 1 aromatic carbocycles. The van der Waals surface area contributed by atoms with Crippen LogP contribution in [0, 0.1) is 13.8 Å². The molecule has 1 aliphatic rings. The van der Waals surface area contributed by atoms with Crippen LogP contribution in [0.3, 0.4) is 0 Å². The van der Waals surface area contributed by atoms with Crippen molar-refractivity contribution in [2.24, 2.45) is 0 Å². The van der Waals surface area contributed by atoms with Crippen molar-refractivity contribution in [3.8, 4) is 0 Å². The molecule has 3 rings (SSSR count). The highest BCUT2D eigenvalue weighted by atomic mass is 16.5. The fraction of sp³-hybridized carbons (Fsp3) is 0.353. The van der Waals surface area contributed by atoms with Crippen LogP contribution in [0.1, 0.15) is 36.8 Å². The van der Waals surface area contributed by atoms with Crippen LogP contribution in [0.15, 0.2) is 35.5 Å². The first-order valence-electron chi connectivity index (χ1n) is 7.66. The van der Waals surface area contributed by atoms with Crippen molar-refractivity contribution in [2.75, 3.05) is 11.9 Å². The zero-order valence-electron chi connectivity index (χ0n) is 13.8. The van der Waals surface area contributed by atoms with E-state index in [-0.39, 0.29) is 12.0 Å². The lowest BCUT2D eigenvalue weighted by molar-refractivity contribution is -0.139. The summed E-state index contributed by atoms with van der Waals surface area (Å²) in [4.78, 5) is 16.9. The number of aryl methyl sites for hydroxylation is 2. The van der Waals surface area contributed by atoms with Crippen molar-refractivity contribution in [3.05, 3.63) is 52.5 Å². The van der Waals surface area contributed by atoms with Crippen molar-refractivity contribution < 1.29 is 9.53 Å². The molecule has 0 saturated carbocycles. The van der Waals surface area contributed by atoms with Crippen LogP contribution in [-0.2, 0) is 9.53 Å². The van der Waals surface area contributed by atoms with Gasteiger partial charge in [0.2, 0.25) is 5.95 Å². The molecule has 2 aromatic rings. The summed E-state index contributed by atoms with van der Waals surface area (Å²) in [5, 5.41) is 7.61. The number of ether oxygens (including phenoxy) is 1. The molecule has 6 heteroatoms. The van der Waals surface area contributed by atoms with Crippen LogP contribution in [0.4, 0.5) is 5.95 Å². The first kappa shape index (κ1) is 15.3. The molecule has 0 amide bonds. The summed E-state index contributed by atoms with van der Waals surface area (Å²) in [6.07, 6.45) is 0. The summed E-state index contributed by atoms with van der Waals surface area (Å²) < 4.78 is 7.00. The van der Waals surface area contributed by atoms with Crippen LogP contribution >= 0.6 is 0 Å². The Hall–Kier alpha value is -2.63. The summed E-state index contributed by atoms with van der Waals surface area (Å²) in [6, 6.07) is 7.74. The summed E-state index contributed by atoms with van der Waals surface area (Å²) in [7, 11) is 0. The van der Waals surface area contributed by atoms with Gasteiger partial charge in [0.15, 0.2) is 0 Å². The van der Waals surface area contributed by atoms with Gasteiger partial charge in [0.05, 0.1) is 12.2 Å². The highest BCUT2D eigenvalue weighted by molar-refractivity contribution is 5.92. The molecule has 1 N–H and O–H groups in total. The minimum atomic E-state index is -0.341. The van der Waals surface area contributed by atoms with Gasteiger partial charge in [-0.05, 0) is 33.3 Å². The predicted octanol–water partition coefficient (Wildman–Crippen LogP) is 2.75. The number of allylic oxidation sites excluding steroid dienone is 1. The van der Waals surface area contributed by atoms with Gasteiger partial charge in [-0.3, -0.25) is 0 Å². The molecule has 1 aliphatic heterocycles. The maximum atomic E-state index is 12.5. The van der Waals surface area contributed by atoms with Crippen LogP contribution in [0.25, 0.3) is 0 Å². The van der Waals surface area contributed by atoms with E-state index in [1.54, 1.807) is 11.6 Å². The highest BCUT2D eigenvalue weighted by Crippen LogP contribution is 2.35. The molecule has 0 bridgehead atoms. The van der Waals surface area contributed by atoms with Gasteiger partial charge in [-0.2, -0.15) is 10.1 Å². The van der Waals surface area contributed by atoms with E-state index < -0.39 is 0 Å². The standard InChI is InChI=1S/C17H20N4O2/c1-5-23-16(22)14-11(3)18-17-19-12(4)20-21(17)15(14)13-8-6-10(2)7-9-13/h6-9,15H,5H2,1-4H3,(H,18,19,20)/t15-/m1/s1. The number of aromatic nitrogens is 3. The van der Waals surface area contributed by atoms with Crippen LogP contribution in [0.2, 0.25) is 0 Å². The third-order valence-electron chi connectivity index (χ3n) is 3.85. The van der Waals surface area contributed by atoms with Crippen LogP contribution < -0.4 is 5.32 Å². The zero-order valence-corrected chi connectivity index (χ0v) is 13.8. The Kier molecular flexibility index (Phi) is 3.90. The van der Waals surface area contributed by atoms with Crippen molar-refractivity contribution in [1.82, 2.24) is 14.8 Å². The second-order valence-corrected chi connectivity index (χ2v) is 5.62. The third kappa shape index (κ3) is 2.72. The average Bonchev–Trinajstić information content (AvgIpc) is 2.86. The van der Waals surface area contributed by atoms with Gasteiger partial charge in [-0.15, -0.1) is 0 Å². The van der Waals surface area contributed by atoms with Gasteiger partial charge in [0, 0.05) is 5.70 Å². The molecule has 0 unspecified atom stereocenters. The van der Waals surface area contributed by atoms with E-state index in [2.05, 4.69) is 15.4 Å². The molecule has 0 radical (unpaired) electrons. The second-order valence-electron chi connectivity index (χ2n) is 5.62. The Morgan fingerprint density at radius 1 is 1.26 bits per heavy atom. The van der Waals surface area contributed by atoms with Crippen molar-refractivity contribution in [1.29, 1.82) is 0 Å². The van der Waals surface area contributed by atoms with Gasteiger partial charge in [0.1, 0.15) is 11.9 Å². The van der Waals surface area contributed by atoms with Crippen molar-refractivity contribution in [3.63, 3.8) is 0 Å². The monoisotopic (exact) mass is 312 g/mol. The third-order valence-corrected chi connectivity index (χ3v) is 3.85. The summed E-state index contributed by atoms with van der Waals surface area (Å²) in [5.74, 6) is 0.961. The number of carbonyl (C=O) groups is 1. The highest BCUT2D eigenvalue weighted by Gasteiger charge is 2.34. The molecule has 2 heterocycles. The Labute approximate surface area is 135 Å². The molecular formula is C17H20N4O2. The number of nitrogens with zero attached hydrogens (tertiary/aromatic N) is 3. The average molecular weight is 312 g/mol. The van der Waals surface area contributed by atoms with Gasteiger partial charge in [-0.1, -0.05) is 29.8 Å². The Morgan fingerprint density at radius 3 is 2.61 bits per heavy atom. The lowest BCUT2D eigenvalue weighted by Crippen LogP contribution is -2.29. The molecule has 0 aliphatic carbocycles. The smallest absolute Gasteiger partial charge is 0.338 e. The fourth-order valence-electron chi connectivity index (χ4n) is 2.79. The van der Waals surface area contributed by atoms with Gasteiger partial charge < -0.3 is 10.1 Å². The van der Waals surface area contributed by atoms with Gasteiger partial charge >= 0.3 is 5.97 Å². The number of nitrogens with one attached hydrogen (secondary N) is 1. The number of carbonyl (C=O) groups excluding carboxylic acids is 1. The first-order valence-corrected chi connectivity index (χ1v) is 7.66. The number of esters is 1. The van der Waals surface area contributed by atoms with E-state index in [1.165, 1.54) is 0 Å². The number of hydrogen-bond donors (Lipinski definition) is 1.